The molecule has 2 aliphatic carbocycles. The Hall–Kier alpha value is -0.910. The van der Waals surface area contributed by atoms with Gasteiger partial charge in [0, 0.05) is 6.42 Å². The first-order chi connectivity index (χ1) is 17.2. The number of halogens is 13. The van der Waals surface area contributed by atoms with E-state index in [0.29, 0.717) is 43.4 Å². The van der Waals surface area contributed by atoms with E-state index in [-0.39, 0.29) is 0 Å². The van der Waals surface area contributed by atoms with Crippen molar-refractivity contribution in [3.05, 3.63) is 0 Å². The van der Waals surface area contributed by atoms with Crippen LogP contribution in [0.5, 0.6) is 0 Å². The van der Waals surface area contributed by atoms with Crippen LogP contribution in [0.4, 0.5) is 57.1 Å². The minimum absolute atomic E-state index is 0.303. The van der Waals surface area contributed by atoms with Crippen molar-refractivity contribution < 1.29 is 57.1 Å². The van der Waals surface area contributed by atoms with Crippen molar-refractivity contribution in [2.45, 2.75) is 133 Å². The molecule has 13 heteroatoms. The second kappa shape index (κ2) is 11.9. The SMILES string of the molecule is CCCCC[C@H]1CC[C@H]([C@H]2CC[C@H](CCC(F)(F)C(F)(F)C(F)(F)C(F)(F)C(F)(F)C(F)(F)F)CC2)CC1. The van der Waals surface area contributed by atoms with Gasteiger partial charge in [-0.1, -0.05) is 58.3 Å². The number of unbranched alkanes of at least 4 members (excludes halogenated alkanes) is 2. The second-order valence-electron chi connectivity index (χ2n) is 11.1. The van der Waals surface area contributed by atoms with Crippen LogP contribution in [0.3, 0.4) is 0 Å². The molecule has 0 bridgehead atoms. The van der Waals surface area contributed by atoms with Crippen molar-refractivity contribution in [3.8, 4) is 0 Å². The van der Waals surface area contributed by atoms with Crippen molar-refractivity contribution in [3.63, 3.8) is 0 Å². The molecule has 0 spiro atoms. The van der Waals surface area contributed by atoms with Crippen LogP contribution in [0.1, 0.15) is 96.8 Å². The molecule has 0 amide bonds. The van der Waals surface area contributed by atoms with Crippen molar-refractivity contribution in [1.82, 2.24) is 0 Å². The average Bonchev–Trinajstić information content (AvgIpc) is 2.82. The van der Waals surface area contributed by atoms with E-state index in [1.165, 1.54) is 19.3 Å². The van der Waals surface area contributed by atoms with Gasteiger partial charge in [-0.2, -0.15) is 57.1 Å². The molecule has 0 unspecified atom stereocenters. The van der Waals surface area contributed by atoms with E-state index in [2.05, 4.69) is 6.92 Å². The lowest BCUT2D eigenvalue weighted by atomic mass is 9.68. The molecule has 0 aromatic carbocycles. The van der Waals surface area contributed by atoms with E-state index in [1.54, 1.807) is 0 Å². The van der Waals surface area contributed by atoms with Crippen molar-refractivity contribution in [1.29, 1.82) is 0 Å². The monoisotopic (exact) mass is 582 g/mol. The van der Waals surface area contributed by atoms with E-state index < -0.39 is 54.5 Å². The normalized spacial score (nSPS) is 27.0. The molecule has 0 heterocycles. The summed E-state index contributed by atoms with van der Waals surface area (Å²) in [6.45, 7) is 2.13. The lowest BCUT2D eigenvalue weighted by Crippen LogP contribution is -2.70. The summed E-state index contributed by atoms with van der Waals surface area (Å²) in [4.78, 5) is 0. The van der Waals surface area contributed by atoms with Gasteiger partial charge in [-0.3, -0.25) is 0 Å². The fraction of sp³-hybridized carbons (Fsp3) is 1.00. The Morgan fingerprint density at radius 1 is 0.474 bits per heavy atom. The summed E-state index contributed by atoms with van der Waals surface area (Å²) >= 11 is 0. The van der Waals surface area contributed by atoms with Gasteiger partial charge in [-0.15, -0.1) is 0 Å². The minimum atomic E-state index is -7.82. The Labute approximate surface area is 214 Å². The van der Waals surface area contributed by atoms with E-state index >= 15 is 0 Å². The summed E-state index contributed by atoms with van der Waals surface area (Å²) in [7, 11) is 0. The molecule has 2 aliphatic rings. The highest BCUT2D eigenvalue weighted by Crippen LogP contribution is 2.61. The number of rotatable bonds is 12. The Morgan fingerprint density at radius 2 is 0.868 bits per heavy atom. The van der Waals surface area contributed by atoms with Gasteiger partial charge in [0.2, 0.25) is 0 Å². The minimum Gasteiger partial charge on any atom is -0.200 e. The van der Waals surface area contributed by atoms with E-state index in [0.717, 1.165) is 32.1 Å². The summed E-state index contributed by atoms with van der Waals surface area (Å²) in [5.74, 6) is -35.5. The largest absolute Gasteiger partial charge is 0.460 e. The van der Waals surface area contributed by atoms with Gasteiger partial charge in [-0.25, -0.2) is 0 Å². The first kappa shape index (κ1) is 33.3. The van der Waals surface area contributed by atoms with Crippen LogP contribution < -0.4 is 0 Å². The molecular weight excluding hydrogens is 547 g/mol. The second-order valence-corrected chi connectivity index (χ2v) is 11.1. The van der Waals surface area contributed by atoms with Gasteiger partial charge >= 0.3 is 35.8 Å². The zero-order valence-corrected chi connectivity index (χ0v) is 21.1. The molecule has 2 saturated carbocycles. The third-order valence-corrected chi connectivity index (χ3v) is 8.53. The first-order valence-electron chi connectivity index (χ1n) is 13.2. The van der Waals surface area contributed by atoms with Crippen LogP contribution in [0.15, 0.2) is 0 Å². The number of hydrogen-bond acceptors (Lipinski definition) is 0. The molecule has 0 N–H and O–H groups in total. The third-order valence-electron chi connectivity index (χ3n) is 8.53. The van der Waals surface area contributed by atoms with Crippen molar-refractivity contribution in [2.24, 2.45) is 23.7 Å². The van der Waals surface area contributed by atoms with Gasteiger partial charge < -0.3 is 0 Å². The Bertz CT molecular complexity index is 728. The summed E-state index contributed by atoms with van der Waals surface area (Å²) < 4.78 is 173. The fourth-order valence-corrected chi connectivity index (χ4v) is 5.92. The lowest BCUT2D eigenvalue weighted by Gasteiger charge is -2.40. The average molecular weight is 583 g/mol. The Morgan fingerprint density at radius 3 is 1.26 bits per heavy atom. The summed E-state index contributed by atoms with van der Waals surface area (Å²) in [6.07, 6.45) is 0.599. The smallest absolute Gasteiger partial charge is 0.200 e. The summed E-state index contributed by atoms with van der Waals surface area (Å²) in [5.41, 5.74) is 0. The standard InChI is InChI=1S/C25H35F13/c1-2-3-4-5-16-6-10-18(11-7-16)19-12-8-17(9-13-19)14-15-20(26,27)21(28,29)22(30,31)23(32,33)24(34,35)25(36,37)38/h16-19H,2-15H2,1H3/t16-,17-,18-,19-. The molecule has 0 atom stereocenters. The van der Waals surface area contributed by atoms with E-state index in [9.17, 15) is 57.1 Å². The maximum absolute atomic E-state index is 14.1. The highest BCUT2D eigenvalue weighted by Gasteiger charge is 2.90. The van der Waals surface area contributed by atoms with Crippen LogP contribution in [0.2, 0.25) is 0 Å². The van der Waals surface area contributed by atoms with Gasteiger partial charge in [-0.05, 0) is 55.8 Å². The molecule has 226 valence electrons. The van der Waals surface area contributed by atoms with Gasteiger partial charge in [0.15, 0.2) is 0 Å². The maximum atomic E-state index is 14.1. The zero-order valence-electron chi connectivity index (χ0n) is 21.1. The van der Waals surface area contributed by atoms with E-state index in [1.807, 2.05) is 0 Å². The van der Waals surface area contributed by atoms with Crippen LogP contribution in [-0.4, -0.2) is 35.8 Å². The van der Waals surface area contributed by atoms with Gasteiger partial charge in [0.1, 0.15) is 0 Å². The van der Waals surface area contributed by atoms with Crippen molar-refractivity contribution >= 4 is 0 Å². The number of alkyl halides is 13. The first-order valence-corrected chi connectivity index (χ1v) is 13.2. The van der Waals surface area contributed by atoms with Crippen LogP contribution >= 0.6 is 0 Å². The Balaban J connectivity index is 1.92. The number of hydrogen-bond donors (Lipinski definition) is 0. The van der Waals surface area contributed by atoms with Gasteiger partial charge in [0.05, 0.1) is 0 Å². The Kier molecular flexibility index (Phi) is 10.4. The van der Waals surface area contributed by atoms with Crippen LogP contribution in [0, 0.1) is 23.7 Å². The summed E-state index contributed by atoms with van der Waals surface area (Å²) in [6, 6.07) is 0. The highest BCUT2D eigenvalue weighted by molar-refractivity contribution is 5.10. The van der Waals surface area contributed by atoms with Crippen molar-refractivity contribution in [2.75, 3.05) is 0 Å². The fourth-order valence-electron chi connectivity index (χ4n) is 5.92. The lowest BCUT2D eigenvalue weighted by molar-refractivity contribution is -0.440. The third kappa shape index (κ3) is 6.52. The molecule has 2 fully saturated rings. The van der Waals surface area contributed by atoms with Crippen LogP contribution in [0.25, 0.3) is 0 Å². The summed E-state index contributed by atoms with van der Waals surface area (Å²) in [5, 5.41) is 0. The highest BCUT2D eigenvalue weighted by atomic mass is 19.4. The zero-order chi connectivity index (χ0) is 29.2. The molecule has 0 nitrogen and oxygen atoms in total. The molecular formula is C25H35F13. The van der Waals surface area contributed by atoms with Crippen LogP contribution in [-0.2, 0) is 0 Å². The predicted octanol–water partition coefficient (Wildman–Crippen LogP) is 10.7. The molecule has 0 saturated heterocycles. The molecule has 0 radical (unpaired) electrons. The van der Waals surface area contributed by atoms with Gasteiger partial charge in [0.25, 0.3) is 0 Å². The molecule has 2 rings (SSSR count). The topological polar surface area (TPSA) is 0 Å². The quantitative estimate of drug-likeness (QED) is 0.159. The molecule has 0 aromatic heterocycles. The predicted molar refractivity (Wildman–Crippen MR) is 115 cm³/mol. The molecule has 38 heavy (non-hydrogen) atoms. The molecule has 0 aliphatic heterocycles. The maximum Gasteiger partial charge on any atom is 0.460 e. The van der Waals surface area contributed by atoms with E-state index in [4.69, 9.17) is 0 Å². The molecule has 0 aromatic rings.